The Kier molecular flexibility index (Phi) is 5.34. The van der Waals surface area contributed by atoms with E-state index in [0.717, 1.165) is 5.69 Å². The molecule has 1 heterocycles. The maximum absolute atomic E-state index is 11.7. The number of ether oxygens (including phenoxy) is 2. The lowest BCUT2D eigenvalue weighted by Gasteiger charge is -2.14. The Morgan fingerprint density at radius 2 is 2.11 bits per heavy atom. The molecule has 18 heavy (non-hydrogen) atoms. The normalized spacial score (nSPS) is 11.6. The number of hydrogen-bond donors (Lipinski definition) is 1. The van der Waals surface area contributed by atoms with Gasteiger partial charge in [0.2, 0.25) is 0 Å². The van der Waals surface area contributed by atoms with Gasteiger partial charge in [0.25, 0.3) is 0 Å². The van der Waals surface area contributed by atoms with E-state index in [1.54, 1.807) is 6.07 Å². The lowest BCUT2D eigenvalue weighted by molar-refractivity contribution is 0.0445. The number of esters is 1. The average Bonchev–Trinajstić information content (AvgIpc) is 2.77. The summed E-state index contributed by atoms with van der Waals surface area (Å²) < 4.78 is 10.3. The Hall–Kier alpha value is -1.36. The van der Waals surface area contributed by atoms with Crippen molar-refractivity contribution in [3.63, 3.8) is 0 Å². The summed E-state index contributed by atoms with van der Waals surface area (Å²) in [5.41, 5.74) is 1.20. The van der Waals surface area contributed by atoms with Crippen molar-refractivity contribution < 1.29 is 14.3 Å². The van der Waals surface area contributed by atoms with E-state index in [1.165, 1.54) is 0 Å². The minimum atomic E-state index is -0.391. The monoisotopic (exact) mass is 254 g/mol. The molecule has 0 aliphatic carbocycles. The fourth-order valence-electron chi connectivity index (χ4n) is 1.35. The quantitative estimate of drug-likeness (QED) is 0.625. The van der Waals surface area contributed by atoms with Crippen molar-refractivity contribution in [2.75, 3.05) is 19.8 Å². The first-order valence-electron chi connectivity index (χ1n) is 6.26. The van der Waals surface area contributed by atoms with Gasteiger partial charge in [0.1, 0.15) is 0 Å². The zero-order valence-electron chi connectivity index (χ0n) is 11.6. The van der Waals surface area contributed by atoms with E-state index in [1.807, 2.05) is 6.92 Å². The van der Waals surface area contributed by atoms with Crippen LogP contribution in [0, 0.1) is 0 Å². The molecule has 0 aromatic carbocycles. The third-order valence-corrected chi connectivity index (χ3v) is 2.47. The molecule has 0 atom stereocenters. The summed E-state index contributed by atoms with van der Waals surface area (Å²) in [6.07, 6.45) is 0.704. The second-order valence-electron chi connectivity index (χ2n) is 5.10. The molecule has 0 saturated carbocycles. The van der Waals surface area contributed by atoms with Crippen LogP contribution in [0.5, 0.6) is 0 Å². The van der Waals surface area contributed by atoms with E-state index in [-0.39, 0.29) is 5.41 Å². The van der Waals surface area contributed by atoms with Crippen LogP contribution < -0.4 is 0 Å². The van der Waals surface area contributed by atoms with Gasteiger partial charge in [-0.05, 0) is 13.0 Å². The average molecular weight is 254 g/mol. The minimum Gasteiger partial charge on any atom is -0.461 e. The fraction of sp³-hybridized carbons (Fsp3) is 0.692. The van der Waals surface area contributed by atoms with E-state index < -0.39 is 5.97 Å². The first-order chi connectivity index (χ1) is 8.45. The van der Waals surface area contributed by atoms with Gasteiger partial charge < -0.3 is 9.47 Å². The number of rotatable bonds is 6. The highest BCUT2D eigenvalue weighted by Gasteiger charge is 2.19. The molecular weight excluding hydrogens is 232 g/mol. The van der Waals surface area contributed by atoms with E-state index >= 15 is 0 Å². The summed E-state index contributed by atoms with van der Waals surface area (Å²) in [4.78, 5) is 11.7. The van der Waals surface area contributed by atoms with Gasteiger partial charge in [0.15, 0.2) is 5.69 Å². The second kappa shape index (κ2) is 6.54. The minimum absolute atomic E-state index is 0.0551. The van der Waals surface area contributed by atoms with Gasteiger partial charge >= 0.3 is 5.97 Å². The highest BCUT2D eigenvalue weighted by Crippen LogP contribution is 2.20. The van der Waals surface area contributed by atoms with Gasteiger partial charge in [0, 0.05) is 30.7 Å². The molecule has 0 aliphatic heterocycles. The first kappa shape index (κ1) is 14.7. The number of carbonyl (C=O) groups is 1. The first-order valence-corrected chi connectivity index (χ1v) is 6.26. The van der Waals surface area contributed by atoms with Gasteiger partial charge in [-0.2, -0.15) is 5.10 Å². The molecule has 1 aromatic rings. The van der Waals surface area contributed by atoms with Crippen molar-refractivity contribution in [2.45, 2.75) is 39.5 Å². The van der Waals surface area contributed by atoms with E-state index in [2.05, 4.69) is 31.0 Å². The summed E-state index contributed by atoms with van der Waals surface area (Å²) in [6, 6.07) is 1.74. The van der Waals surface area contributed by atoms with Crippen molar-refractivity contribution in [3.8, 4) is 0 Å². The summed E-state index contributed by atoms with van der Waals surface area (Å²) in [5.74, 6) is -0.391. The predicted molar refractivity (Wildman–Crippen MR) is 68.7 cm³/mol. The summed E-state index contributed by atoms with van der Waals surface area (Å²) in [5, 5.41) is 6.83. The standard InChI is InChI=1S/C13H22N2O3/c1-5-17-7-6-8-18-12(16)10-9-11(15-14-10)13(2,3)4/h9H,5-8H2,1-4H3,(H,14,15). The molecule has 0 amide bonds. The number of nitrogens with zero attached hydrogens (tertiary/aromatic N) is 1. The molecule has 1 N–H and O–H groups in total. The molecule has 102 valence electrons. The number of hydrogen-bond acceptors (Lipinski definition) is 4. The van der Waals surface area contributed by atoms with Crippen LogP contribution in [0.25, 0.3) is 0 Å². The van der Waals surface area contributed by atoms with E-state index in [0.29, 0.717) is 31.9 Å². The number of nitrogens with one attached hydrogen (secondary N) is 1. The topological polar surface area (TPSA) is 64.2 Å². The van der Waals surface area contributed by atoms with Gasteiger partial charge in [0.05, 0.1) is 6.61 Å². The van der Waals surface area contributed by atoms with E-state index in [9.17, 15) is 4.79 Å². The van der Waals surface area contributed by atoms with Crippen LogP contribution in [0.4, 0.5) is 0 Å². The summed E-state index contributed by atoms with van der Waals surface area (Å²) in [7, 11) is 0. The van der Waals surface area contributed by atoms with Gasteiger partial charge in [-0.15, -0.1) is 0 Å². The third kappa shape index (κ3) is 4.49. The molecule has 1 rings (SSSR count). The van der Waals surface area contributed by atoms with Crippen molar-refractivity contribution in [3.05, 3.63) is 17.5 Å². The Bertz CT molecular complexity index is 380. The molecule has 5 nitrogen and oxygen atoms in total. The number of aromatic amines is 1. The highest BCUT2D eigenvalue weighted by atomic mass is 16.5. The molecule has 0 bridgehead atoms. The van der Waals surface area contributed by atoms with Crippen LogP contribution in [-0.2, 0) is 14.9 Å². The Morgan fingerprint density at radius 3 is 2.67 bits per heavy atom. The van der Waals surface area contributed by atoms with Gasteiger partial charge in [-0.3, -0.25) is 5.10 Å². The summed E-state index contributed by atoms with van der Waals surface area (Å²) in [6.45, 7) is 9.74. The fourth-order valence-corrected chi connectivity index (χ4v) is 1.35. The number of H-pyrrole nitrogens is 1. The number of aromatic nitrogens is 2. The SMILES string of the molecule is CCOCCCOC(=O)c1cc(C(C)(C)C)[nH]n1. The molecule has 1 aromatic heterocycles. The van der Waals surface area contributed by atoms with Crippen LogP contribution in [0.2, 0.25) is 0 Å². The van der Waals surface area contributed by atoms with E-state index in [4.69, 9.17) is 9.47 Å². The Labute approximate surface area is 108 Å². The maximum atomic E-state index is 11.7. The third-order valence-electron chi connectivity index (χ3n) is 2.47. The van der Waals surface area contributed by atoms with Crippen LogP contribution in [-0.4, -0.2) is 36.0 Å². The van der Waals surface area contributed by atoms with Crippen molar-refractivity contribution in [2.24, 2.45) is 0 Å². The van der Waals surface area contributed by atoms with Crippen LogP contribution in [0.1, 0.15) is 50.3 Å². The maximum Gasteiger partial charge on any atom is 0.358 e. The smallest absolute Gasteiger partial charge is 0.358 e. The molecule has 0 unspecified atom stereocenters. The van der Waals surface area contributed by atoms with Crippen LogP contribution in [0.3, 0.4) is 0 Å². The largest absolute Gasteiger partial charge is 0.461 e. The van der Waals surface area contributed by atoms with Crippen molar-refractivity contribution in [1.29, 1.82) is 0 Å². The van der Waals surface area contributed by atoms with Gasteiger partial charge in [-0.1, -0.05) is 20.8 Å². The van der Waals surface area contributed by atoms with Gasteiger partial charge in [-0.25, -0.2) is 4.79 Å². The summed E-state index contributed by atoms with van der Waals surface area (Å²) >= 11 is 0. The lowest BCUT2D eigenvalue weighted by atomic mass is 9.92. The van der Waals surface area contributed by atoms with Crippen molar-refractivity contribution in [1.82, 2.24) is 10.2 Å². The Morgan fingerprint density at radius 1 is 1.39 bits per heavy atom. The molecule has 0 radical (unpaired) electrons. The Balaban J connectivity index is 2.40. The lowest BCUT2D eigenvalue weighted by Crippen LogP contribution is -2.11. The number of carbonyl (C=O) groups excluding carboxylic acids is 1. The molecule has 0 spiro atoms. The van der Waals surface area contributed by atoms with Crippen LogP contribution >= 0.6 is 0 Å². The van der Waals surface area contributed by atoms with Crippen LogP contribution in [0.15, 0.2) is 6.07 Å². The zero-order chi connectivity index (χ0) is 13.6. The van der Waals surface area contributed by atoms with Crippen molar-refractivity contribution >= 4 is 5.97 Å². The zero-order valence-corrected chi connectivity index (χ0v) is 11.6. The molecule has 0 saturated heterocycles. The molecular formula is C13H22N2O3. The molecule has 5 heteroatoms. The molecule has 0 fully saturated rings. The molecule has 0 aliphatic rings. The highest BCUT2D eigenvalue weighted by molar-refractivity contribution is 5.87. The second-order valence-corrected chi connectivity index (χ2v) is 5.10. The predicted octanol–water partition coefficient (Wildman–Crippen LogP) is 2.29.